The second-order valence-electron chi connectivity index (χ2n) is 5.44. The Morgan fingerprint density at radius 2 is 1.91 bits per heavy atom. The highest BCUT2D eigenvalue weighted by molar-refractivity contribution is 5.62. The lowest BCUT2D eigenvalue weighted by Gasteiger charge is -2.05. The van der Waals surface area contributed by atoms with Crippen LogP contribution < -0.4 is 5.32 Å². The first-order chi connectivity index (χ1) is 10.8. The van der Waals surface area contributed by atoms with Crippen LogP contribution in [0.1, 0.15) is 29.6 Å². The lowest BCUT2D eigenvalue weighted by Crippen LogP contribution is -2.12. The maximum Gasteiger partial charge on any atom is 0.117 e. The summed E-state index contributed by atoms with van der Waals surface area (Å²) < 4.78 is 5.56. The maximum atomic E-state index is 5.56. The van der Waals surface area contributed by atoms with E-state index in [1.54, 1.807) is 0 Å². The molecule has 2 heterocycles. The molecule has 2 aromatic heterocycles. The molecule has 22 heavy (non-hydrogen) atoms. The molecule has 0 atom stereocenters. The minimum Gasteiger partial charge on any atom is -0.465 e. The Kier molecular flexibility index (Phi) is 4.39. The summed E-state index contributed by atoms with van der Waals surface area (Å²) in [5, 5.41) is 10.7. The fourth-order valence-electron chi connectivity index (χ4n) is 2.50. The van der Waals surface area contributed by atoms with Gasteiger partial charge in [0.05, 0.1) is 18.4 Å². The lowest BCUT2D eigenvalue weighted by atomic mass is 10.1. The van der Waals surface area contributed by atoms with Crippen LogP contribution in [-0.2, 0) is 19.5 Å². The van der Waals surface area contributed by atoms with Gasteiger partial charge in [-0.15, -0.1) is 0 Å². The molecule has 0 radical (unpaired) electrons. The highest BCUT2D eigenvalue weighted by atomic mass is 16.3. The van der Waals surface area contributed by atoms with Gasteiger partial charge in [0.15, 0.2) is 0 Å². The molecule has 114 valence electrons. The average Bonchev–Trinajstić information content (AvgIpc) is 3.17. The largest absolute Gasteiger partial charge is 0.465 e. The highest BCUT2D eigenvalue weighted by Gasteiger charge is 2.08. The third-order valence-corrected chi connectivity index (χ3v) is 3.78. The van der Waals surface area contributed by atoms with Crippen LogP contribution in [0.5, 0.6) is 0 Å². The van der Waals surface area contributed by atoms with Gasteiger partial charge >= 0.3 is 0 Å². The summed E-state index contributed by atoms with van der Waals surface area (Å²) in [5.74, 6) is 1.90. The quantitative estimate of drug-likeness (QED) is 0.726. The normalized spacial score (nSPS) is 11.0. The Morgan fingerprint density at radius 1 is 1.09 bits per heavy atom. The van der Waals surface area contributed by atoms with Crippen molar-refractivity contribution in [3.8, 4) is 11.3 Å². The van der Waals surface area contributed by atoms with E-state index in [1.807, 2.05) is 25.3 Å². The van der Waals surface area contributed by atoms with Crippen molar-refractivity contribution in [3.63, 3.8) is 0 Å². The summed E-state index contributed by atoms with van der Waals surface area (Å²) in [6.45, 7) is 5.59. The fourth-order valence-corrected chi connectivity index (χ4v) is 2.50. The molecule has 0 fully saturated rings. The van der Waals surface area contributed by atoms with E-state index >= 15 is 0 Å². The summed E-state index contributed by atoms with van der Waals surface area (Å²) in [4.78, 5) is 0. The lowest BCUT2D eigenvalue weighted by molar-refractivity contribution is 0.462. The summed E-state index contributed by atoms with van der Waals surface area (Å²) >= 11 is 0. The number of hydrogen-bond donors (Lipinski definition) is 2. The maximum absolute atomic E-state index is 5.56. The number of aromatic nitrogens is 2. The molecule has 0 bridgehead atoms. The van der Waals surface area contributed by atoms with E-state index < -0.39 is 0 Å². The van der Waals surface area contributed by atoms with E-state index in [1.165, 1.54) is 11.1 Å². The third kappa shape index (κ3) is 3.28. The Balaban J connectivity index is 1.66. The van der Waals surface area contributed by atoms with E-state index in [0.717, 1.165) is 35.7 Å². The number of rotatable bonds is 6. The van der Waals surface area contributed by atoms with E-state index in [2.05, 4.69) is 46.7 Å². The van der Waals surface area contributed by atoms with Gasteiger partial charge in [0.2, 0.25) is 0 Å². The number of aromatic amines is 1. The van der Waals surface area contributed by atoms with E-state index in [0.29, 0.717) is 6.54 Å². The van der Waals surface area contributed by atoms with Crippen LogP contribution in [-0.4, -0.2) is 10.2 Å². The standard InChI is InChI=1S/C18H21N3O/c1-3-14-5-7-15(8-6-14)18-16(11-20-21-18)10-19-12-17-9-4-13(2)22-17/h4-9,11,19H,3,10,12H2,1-2H3,(H,20,21). The van der Waals surface area contributed by atoms with Gasteiger partial charge in [0.1, 0.15) is 11.5 Å². The van der Waals surface area contributed by atoms with Crippen molar-refractivity contribution in [3.05, 3.63) is 65.2 Å². The zero-order valence-electron chi connectivity index (χ0n) is 13.0. The van der Waals surface area contributed by atoms with Gasteiger partial charge in [-0.05, 0) is 36.6 Å². The molecule has 2 N–H and O–H groups in total. The molecule has 3 rings (SSSR count). The van der Waals surface area contributed by atoms with Gasteiger partial charge in [0, 0.05) is 12.1 Å². The summed E-state index contributed by atoms with van der Waals surface area (Å²) in [6.07, 6.45) is 2.93. The number of hydrogen-bond acceptors (Lipinski definition) is 3. The van der Waals surface area contributed by atoms with Crippen LogP contribution in [0, 0.1) is 6.92 Å². The summed E-state index contributed by atoms with van der Waals surface area (Å²) in [6, 6.07) is 12.6. The Hall–Kier alpha value is -2.33. The topological polar surface area (TPSA) is 53.9 Å². The second kappa shape index (κ2) is 6.62. The molecule has 0 spiro atoms. The predicted molar refractivity (Wildman–Crippen MR) is 87.4 cm³/mol. The number of aryl methyl sites for hydroxylation is 2. The van der Waals surface area contributed by atoms with Crippen molar-refractivity contribution in [1.82, 2.24) is 15.5 Å². The first-order valence-electron chi connectivity index (χ1n) is 7.64. The molecular weight excluding hydrogens is 274 g/mol. The van der Waals surface area contributed by atoms with Gasteiger partial charge < -0.3 is 9.73 Å². The van der Waals surface area contributed by atoms with Crippen LogP contribution in [0.2, 0.25) is 0 Å². The first kappa shape index (κ1) is 14.6. The zero-order valence-corrected chi connectivity index (χ0v) is 13.0. The van der Waals surface area contributed by atoms with Crippen LogP contribution in [0.15, 0.2) is 47.0 Å². The number of furan rings is 1. The van der Waals surface area contributed by atoms with Crippen molar-refractivity contribution in [2.45, 2.75) is 33.4 Å². The first-order valence-corrected chi connectivity index (χ1v) is 7.64. The molecule has 4 heteroatoms. The molecule has 0 aliphatic heterocycles. The van der Waals surface area contributed by atoms with Gasteiger partial charge in [0.25, 0.3) is 0 Å². The second-order valence-corrected chi connectivity index (χ2v) is 5.44. The molecule has 3 aromatic rings. The molecule has 0 amide bonds. The minimum absolute atomic E-state index is 0.716. The number of nitrogens with one attached hydrogen (secondary N) is 2. The van der Waals surface area contributed by atoms with Crippen molar-refractivity contribution in [2.24, 2.45) is 0 Å². The highest BCUT2D eigenvalue weighted by Crippen LogP contribution is 2.21. The Morgan fingerprint density at radius 3 is 2.59 bits per heavy atom. The van der Waals surface area contributed by atoms with Gasteiger partial charge in [-0.25, -0.2) is 0 Å². The van der Waals surface area contributed by atoms with Crippen LogP contribution in [0.4, 0.5) is 0 Å². The molecule has 0 saturated heterocycles. The third-order valence-electron chi connectivity index (χ3n) is 3.78. The molecule has 0 saturated carbocycles. The SMILES string of the molecule is CCc1ccc(-c2[nH]ncc2CNCc2ccc(C)o2)cc1. The molecule has 1 aromatic carbocycles. The van der Waals surface area contributed by atoms with Crippen molar-refractivity contribution < 1.29 is 4.42 Å². The number of benzene rings is 1. The molecule has 0 aliphatic rings. The van der Waals surface area contributed by atoms with Crippen LogP contribution >= 0.6 is 0 Å². The zero-order chi connectivity index (χ0) is 15.4. The van der Waals surface area contributed by atoms with Gasteiger partial charge in [-0.2, -0.15) is 5.10 Å². The van der Waals surface area contributed by atoms with E-state index in [-0.39, 0.29) is 0 Å². The molecule has 4 nitrogen and oxygen atoms in total. The monoisotopic (exact) mass is 295 g/mol. The van der Waals surface area contributed by atoms with Crippen molar-refractivity contribution in [2.75, 3.05) is 0 Å². The molecule has 0 unspecified atom stereocenters. The van der Waals surface area contributed by atoms with Gasteiger partial charge in [-0.1, -0.05) is 31.2 Å². The number of H-pyrrole nitrogens is 1. The minimum atomic E-state index is 0.716. The van der Waals surface area contributed by atoms with Crippen molar-refractivity contribution >= 4 is 0 Å². The predicted octanol–water partition coefficient (Wildman–Crippen LogP) is 3.83. The fraction of sp³-hybridized carbons (Fsp3) is 0.278. The van der Waals surface area contributed by atoms with E-state index in [4.69, 9.17) is 4.42 Å². The average molecular weight is 295 g/mol. The van der Waals surface area contributed by atoms with Gasteiger partial charge in [-0.3, -0.25) is 5.10 Å². The number of nitrogens with zero attached hydrogens (tertiary/aromatic N) is 1. The van der Waals surface area contributed by atoms with Crippen molar-refractivity contribution in [1.29, 1.82) is 0 Å². The Bertz CT molecular complexity index is 725. The summed E-state index contributed by atoms with van der Waals surface area (Å²) in [7, 11) is 0. The van der Waals surface area contributed by atoms with Crippen LogP contribution in [0.3, 0.4) is 0 Å². The smallest absolute Gasteiger partial charge is 0.117 e. The van der Waals surface area contributed by atoms with E-state index in [9.17, 15) is 0 Å². The van der Waals surface area contributed by atoms with Crippen LogP contribution in [0.25, 0.3) is 11.3 Å². The molecule has 0 aliphatic carbocycles. The summed E-state index contributed by atoms with van der Waals surface area (Å²) in [5.41, 5.74) is 4.75. The Labute approximate surface area is 130 Å². The molecular formula is C18H21N3O.